The van der Waals surface area contributed by atoms with E-state index in [2.05, 4.69) is 10.2 Å². The second-order valence-corrected chi connectivity index (χ2v) is 7.01. The summed E-state index contributed by atoms with van der Waals surface area (Å²) in [4.78, 5) is 29.0. The minimum absolute atomic E-state index is 0.0478. The van der Waals surface area contributed by atoms with Gasteiger partial charge >= 0.3 is 0 Å². The maximum Gasteiger partial charge on any atom is 0.290 e. The summed E-state index contributed by atoms with van der Waals surface area (Å²) in [7, 11) is 0. The Bertz CT molecular complexity index is 961. The first kappa shape index (κ1) is 19.0. The molecule has 1 saturated heterocycles. The molecule has 1 aliphatic heterocycles. The summed E-state index contributed by atoms with van der Waals surface area (Å²) >= 11 is 0. The van der Waals surface area contributed by atoms with Crippen LogP contribution >= 0.6 is 0 Å². The average molecular weight is 389 g/mol. The fourth-order valence-corrected chi connectivity index (χ4v) is 3.50. The average Bonchev–Trinajstić information content (AvgIpc) is 3.25. The van der Waals surface area contributed by atoms with Gasteiger partial charge in [0.15, 0.2) is 5.76 Å². The van der Waals surface area contributed by atoms with Crippen LogP contribution in [-0.4, -0.2) is 54.3 Å². The van der Waals surface area contributed by atoms with Crippen LogP contribution in [0.2, 0.25) is 0 Å². The molecule has 6 heteroatoms. The summed E-state index contributed by atoms with van der Waals surface area (Å²) in [5.74, 6) is 0.210. The molecule has 1 aliphatic rings. The van der Waals surface area contributed by atoms with Gasteiger partial charge in [0, 0.05) is 37.4 Å². The minimum atomic E-state index is -0.109. The summed E-state index contributed by atoms with van der Waals surface area (Å²) in [6.07, 6.45) is 1.56. The number of hydrogen-bond donors (Lipinski definition) is 1. The minimum Gasteiger partial charge on any atom is -0.459 e. The number of rotatable bonds is 5. The monoisotopic (exact) mass is 389 g/mol. The molecule has 0 radical (unpaired) electrons. The van der Waals surface area contributed by atoms with Crippen LogP contribution in [0.1, 0.15) is 10.6 Å². The highest BCUT2D eigenvalue weighted by Gasteiger charge is 2.27. The van der Waals surface area contributed by atoms with Crippen LogP contribution in [0.3, 0.4) is 0 Å². The number of piperazine rings is 1. The van der Waals surface area contributed by atoms with Gasteiger partial charge in [-0.05, 0) is 23.8 Å². The second-order valence-electron chi connectivity index (χ2n) is 7.01. The molecule has 0 atom stereocenters. The van der Waals surface area contributed by atoms with E-state index in [1.807, 2.05) is 66.7 Å². The first-order valence-electron chi connectivity index (χ1n) is 9.70. The van der Waals surface area contributed by atoms with Crippen molar-refractivity contribution in [3.8, 4) is 11.1 Å². The second kappa shape index (κ2) is 8.75. The number of para-hydroxylation sites is 1. The predicted molar refractivity (Wildman–Crippen MR) is 112 cm³/mol. The lowest BCUT2D eigenvalue weighted by atomic mass is 10.1. The lowest BCUT2D eigenvalue weighted by Gasteiger charge is -2.34. The zero-order valence-corrected chi connectivity index (χ0v) is 16.1. The Hall–Kier alpha value is -3.38. The SMILES string of the molecule is O=C(CN1CCN(C(=O)c2occc2-c2ccccc2)CC1)Nc1ccccc1. The van der Waals surface area contributed by atoms with E-state index in [9.17, 15) is 9.59 Å². The maximum atomic E-state index is 13.0. The van der Waals surface area contributed by atoms with E-state index in [0.717, 1.165) is 16.8 Å². The van der Waals surface area contributed by atoms with E-state index >= 15 is 0 Å². The van der Waals surface area contributed by atoms with Crippen molar-refractivity contribution in [2.24, 2.45) is 0 Å². The van der Waals surface area contributed by atoms with Gasteiger partial charge in [-0.25, -0.2) is 0 Å². The van der Waals surface area contributed by atoms with Crippen molar-refractivity contribution < 1.29 is 14.0 Å². The van der Waals surface area contributed by atoms with Gasteiger partial charge in [-0.1, -0.05) is 48.5 Å². The number of nitrogens with one attached hydrogen (secondary N) is 1. The third-order valence-corrected chi connectivity index (χ3v) is 5.03. The summed E-state index contributed by atoms with van der Waals surface area (Å²) in [5, 5.41) is 2.90. The van der Waals surface area contributed by atoms with Crippen LogP contribution in [0.4, 0.5) is 5.69 Å². The molecule has 1 aromatic heterocycles. The van der Waals surface area contributed by atoms with Gasteiger partial charge in [0.1, 0.15) is 0 Å². The predicted octanol–water partition coefficient (Wildman–Crippen LogP) is 3.34. The smallest absolute Gasteiger partial charge is 0.290 e. The molecule has 4 rings (SSSR count). The first-order chi connectivity index (χ1) is 14.2. The molecule has 29 heavy (non-hydrogen) atoms. The number of hydrogen-bond acceptors (Lipinski definition) is 4. The van der Waals surface area contributed by atoms with Crippen LogP contribution in [0.15, 0.2) is 77.4 Å². The quantitative estimate of drug-likeness (QED) is 0.727. The third-order valence-electron chi connectivity index (χ3n) is 5.03. The zero-order chi connectivity index (χ0) is 20.1. The molecular formula is C23H23N3O3. The van der Waals surface area contributed by atoms with Crippen LogP contribution in [0, 0.1) is 0 Å². The molecule has 3 aromatic rings. The fourth-order valence-electron chi connectivity index (χ4n) is 3.50. The Balaban J connectivity index is 1.33. The van der Waals surface area contributed by atoms with Crippen molar-refractivity contribution >= 4 is 17.5 Å². The lowest BCUT2D eigenvalue weighted by Crippen LogP contribution is -2.50. The van der Waals surface area contributed by atoms with Crippen molar-refractivity contribution in [1.82, 2.24) is 9.80 Å². The van der Waals surface area contributed by atoms with Gasteiger partial charge in [0.2, 0.25) is 5.91 Å². The van der Waals surface area contributed by atoms with Crippen LogP contribution in [0.5, 0.6) is 0 Å². The van der Waals surface area contributed by atoms with E-state index in [-0.39, 0.29) is 11.8 Å². The van der Waals surface area contributed by atoms with Crippen LogP contribution in [0.25, 0.3) is 11.1 Å². The summed E-state index contributed by atoms with van der Waals surface area (Å²) in [6.45, 7) is 2.73. The molecule has 0 aliphatic carbocycles. The van der Waals surface area contributed by atoms with Crippen LogP contribution < -0.4 is 5.32 Å². The Kier molecular flexibility index (Phi) is 5.72. The summed E-state index contributed by atoms with van der Waals surface area (Å²) in [6, 6.07) is 21.0. The fraction of sp³-hybridized carbons (Fsp3) is 0.217. The first-order valence-corrected chi connectivity index (χ1v) is 9.70. The Morgan fingerprint density at radius 1 is 0.862 bits per heavy atom. The van der Waals surface area contributed by atoms with Crippen molar-refractivity contribution in [2.75, 3.05) is 38.0 Å². The van der Waals surface area contributed by atoms with E-state index in [1.165, 1.54) is 0 Å². The van der Waals surface area contributed by atoms with Gasteiger partial charge in [0.05, 0.1) is 12.8 Å². The van der Waals surface area contributed by atoms with Gasteiger partial charge in [0.25, 0.3) is 5.91 Å². The molecule has 1 N–H and O–H groups in total. The highest BCUT2D eigenvalue weighted by Crippen LogP contribution is 2.26. The molecular weight excluding hydrogens is 366 g/mol. The molecule has 0 spiro atoms. The third kappa shape index (κ3) is 4.55. The zero-order valence-electron chi connectivity index (χ0n) is 16.1. The molecule has 148 valence electrons. The molecule has 0 saturated carbocycles. The molecule has 2 amide bonds. The van der Waals surface area contributed by atoms with Crippen molar-refractivity contribution in [3.05, 3.63) is 78.8 Å². The van der Waals surface area contributed by atoms with E-state index in [4.69, 9.17) is 4.42 Å². The van der Waals surface area contributed by atoms with Crippen molar-refractivity contribution in [2.45, 2.75) is 0 Å². The number of carbonyl (C=O) groups is 2. The van der Waals surface area contributed by atoms with E-state index in [1.54, 1.807) is 11.2 Å². The van der Waals surface area contributed by atoms with Gasteiger partial charge in [-0.3, -0.25) is 14.5 Å². The number of carbonyl (C=O) groups excluding carboxylic acids is 2. The number of benzene rings is 2. The van der Waals surface area contributed by atoms with E-state index in [0.29, 0.717) is 38.5 Å². The van der Waals surface area contributed by atoms with E-state index < -0.39 is 0 Å². The maximum absolute atomic E-state index is 13.0. The van der Waals surface area contributed by atoms with Crippen LogP contribution in [-0.2, 0) is 4.79 Å². The van der Waals surface area contributed by atoms with Gasteiger partial charge in [-0.2, -0.15) is 0 Å². The summed E-state index contributed by atoms with van der Waals surface area (Å²) in [5.41, 5.74) is 2.55. The van der Waals surface area contributed by atoms with Gasteiger partial charge < -0.3 is 14.6 Å². The molecule has 6 nitrogen and oxygen atoms in total. The lowest BCUT2D eigenvalue weighted by molar-refractivity contribution is -0.117. The van der Waals surface area contributed by atoms with Crippen molar-refractivity contribution in [1.29, 1.82) is 0 Å². The highest BCUT2D eigenvalue weighted by molar-refractivity contribution is 5.98. The number of furan rings is 1. The Morgan fingerprint density at radius 3 is 2.21 bits per heavy atom. The topological polar surface area (TPSA) is 65.8 Å². The standard InChI is InChI=1S/C23H23N3O3/c27-21(24-19-9-5-2-6-10-19)17-25-12-14-26(15-13-25)23(28)22-20(11-16-29-22)18-7-3-1-4-8-18/h1-11,16H,12-15,17H2,(H,24,27). The molecule has 1 fully saturated rings. The van der Waals surface area contributed by atoms with Crippen molar-refractivity contribution in [3.63, 3.8) is 0 Å². The Morgan fingerprint density at radius 2 is 1.52 bits per heavy atom. The summed E-state index contributed by atoms with van der Waals surface area (Å²) < 4.78 is 5.52. The highest BCUT2D eigenvalue weighted by atomic mass is 16.3. The molecule has 0 unspecified atom stereocenters. The number of anilines is 1. The van der Waals surface area contributed by atoms with Gasteiger partial charge in [-0.15, -0.1) is 0 Å². The molecule has 2 heterocycles. The number of amides is 2. The number of nitrogens with zero attached hydrogens (tertiary/aromatic N) is 2. The molecule has 0 bridgehead atoms. The largest absolute Gasteiger partial charge is 0.459 e. The molecule has 2 aromatic carbocycles. The normalized spacial score (nSPS) is 14.6. The Labute approximate surface area is 169 Å².